The van der Waals surface area contributed by atoms with Crippen LogP contribution in [-0.4, -0.2) is 11.9 Å². The Morgan fingerprint density at radius 1 is 1.31 bits per heavy atom. The smallest absolute Gasteiger partial charge is 0.0239 e. The van der Waals surface area contributed by atoms with Gasteiger partial charge in [-0.3, -0.25) is 11.3 Å². The van der Waals surface area contributed by atoms with Crippen molar-refractivity contribution in [1.82, 2.24) is 5.43 Å². The molecule has 2 nitrogen and oxygen atoms in total. The van der Waals surface area contributed by atoms with E-state index in [1.807, 2.05) is 0 Å². The molecule has 78 valence electrons. The van der Waals surface area contributed by atoms with Crippen LogP contribution in [0.2, 0.25) is 0 Å². The second kappa shape index (κ2) is 6.63. The average molecular weight is 205 g/mol. The van der Waals surface area contributed by atoms with Gasteiger partial charge in [-0.1, -0.05) is 19.3 Å². The molecule has 1 saturated carbocycles. The van der Waals surface area contributed by atoms with E-state index in [9.17, 15) is 0 Å². The molecule has 1 aliphatic carbocycles. The van der Waals surface area contributed by atoms with Crippen LogP contribution in [0.5, 0.6) is 0 Å². The van der Waals surface area contributed by atoms with Crippen molar-refractivity contribution in [3.8, 4) is 0 Å². The number of hydrazine groups is 1. The van der Waals surface area contributed by atoms with Gasteiger partial charge in [0.15, 0.2) is 0 Å². The number of nitrogens with two attached hydrogens (primary N) is 1. The zero-order valence-corrected chi connectivity index (χ0v) is 9.02. The molecule has 13 heavy (non-hydrogen) atoms. The van der Waals surface area contributed by atoms with E-state index in [0.717, 1.165) is 24.6 Å². The molecule has 0 aromatic carbocycles. The van der Waals surface area contributed by atoms with Crippen LogP contribution >= 0.6 is 11.6 Å². The van der Waals surface area contributed by atoms with Crippen molar-refractivity contribution in [1.29, 1.82) is 0 Å². The molecule has 0 saturated heterocycles. The lowest BCUT2D eigenvalue weighted by Crippen LogP contribution is -2.41. The summed E-state index contributed by atoms with van der Waals surface area (Å²) in [5.74, 6) is 7.10. The third-order valence-electron chi connectivity index (χ3n) is 3.08. The molecule has 0 bridgehead atoms. The molecule has 3 N–H and O–H groups in total. The summed E-state index contributed by atoms with van der Waals surface area (Å²) in [5, 5.41) is 0. The molecule has 0 spiro atoms. The van der Waals surface area contributed by atoms with Crippen molar-refractivity contribution < 1.29 is 0 Å². The molecule has 0 radical (unpaired) electrons. The Bertz CT molecular complexity index is 124. The Morgan fingerprint density at radius 3 is 2.54 bits per heavy atom. The lowest BCUT2D eigenvalue weighted by atomic mass is 9.82. The predicted molar refractivity (Wildman–Crippen MR) is 57.6 cm³/mol. The molecule has 0 aromatic heterocycles. The summed E-state index contributed by atoms with van der Waals surface area (Å²) in [4.78, 5) is 0. The Hall–Kier alpha value is 0.210. The van der Waals surface area contributed by atoms with Crippen molar-refractivity contribution in [3.05, 3.63) is 0 Å². The molecule has 1 rings (SSSR count). The average Bonchev–Trinajstić information content (AvgIpc) is 2.21. The minimum absolute atomic E-state index is 0.499. The highest BCUT2D eigenvalue weighted by atomic mass is 35.5. The summed E-state index contributed by atoms with van der Waals surface area (Å²) in [6.45, 7) is 0. The number of halogens is 1. The predicted octanol–water partition coefficient (Wildman–Crippen LogP) is 2.42. The molecular formula is C10H21ClN2. The maximum Gasteiger partial charge on any atom is 0.0239 e. The van der Waals surface area contributed by atoms with Gasteiger partial charge in [-0.2, -0.15) is 0 Å². The quantitative estimate of drug-likeness (QED) is 0.410. The summed E-state index contributed by atoms with van der Waals surface area (Å²) in [6.07, 6.45) is 9.06. The SMILES string of the molecule is NNC(CCCCl)C1CCCCC1. The van der Waals surface area contributed by atoms with Crippen LogP contribution in [0.1, 0.15) is 44.9 Å². The van der Waals surface area contributed by atoms with Crippen molar-refractivity contribution in [2.45, 2.75) is 51.0 Å². The van der Waals surface area contributed by atoms with Gasteiger partial charge in [0.25, 0.3) is 0 Å². The molecule has 1 unspecified atom stereocenters. The van der Waals surface area contributed by atoms with Gasteiger partial charge in [0, 0.05) is 11.9 Å². The van der Waals surface area contributed by atoms with Crippen LogP contribution < -0.4 is 11.3 Å². The van der Waals surface area contributed by atoms with Gasteiger partial charge in [0.2, 0.25) is 0 Å². The second-order valence-electron chi connectivity index (χ2n) is 4.00. The van der Waals surface area contributed by atoms with Crippen molar-refractivity contribution >= 4 is 11.6 Å². The minimum Gasteiger partial charge on any atom is -0.271 e. The van der Waals surface area contributed by atoms with Gasteiger partial charge >= 0.3 is 0 Å². The van der Waals surface area contributed by atoms with E-state index >= 15 is 0 Å². The number of rotatable bonds is 5. The maximum absolute atomic E-state index is 5.67. The first-order chi connectivity index (χ1) is 6.38. The van der Waals surface area contributed by atoms with Crippen molar-refractivity contribution in [2.75, 3.05) is 5.88 Å². The molecule has 1 aliphatic rings. The van der Waals surface area contributed by atoms with E-state index in [-0.39, 0.29) is 0 Å². The first-order valence-electron chi connectivity index (χ1n) is 5.40. The second-order valence-corrected chi connectivity index (χ2v) is 4.38. The van der Waals surface area contributed by atoms with Crippen LogP contribution in [-0.2, 0) is 0 Å². The first kappa shape index (κ1) is 11.3. The highest BCUT2D eigenvalue weighted by molar-refractivity contribution is 6.17. The molecule has 1 atom stereocenters. The molecule has 0 aliphatic heterocycles. The van der Waals surface area contributed by atoms with Gasteiger partial charge < -0.3 is 0 Å². The lowest BCUT2D eigenvalue weighted by molar-refractivity contribution is 0.259. The summed E-state index contributed by atoms with van der Waals surface area (Å²) in [6, 6.07) is 0.499. The highest BCUT2D eigenvalue weighted by Crippen LogP contribution is 2.27. The van der Waals surface area contributed by atoms with Gasteiger partial charge in [-0.15, -0.1) is 11.6 Å². The number of nitrogens with one attached hydrogen (secondary N) is 1. The third kappa shape index (κ3) is 3.84. The fourth-order valence-corrected chi connectivity index (χ4v) is 2.44. The summed E-state index contributed by atoms with van der Waals surface area (Å²) in [5.41, 5.74) is 2.95. The van der Waals surface area contributed by atoms with Gasteiger partial charge in [0.05, 0.1) is 0 Å². The van der Waals surface area contributed by atoms with Crippen LogP contribution in [0.25, 0.3) is 0 Å². The van der Waals surface area contributed by atoms with Crippen LogP contribution in [0.15, 0.2) is 0 Å². The summed E-state index contributed by atoms with van der Waals surface area (Å²) >= 11 is 5.67. The van der Waals surface area contributed by atoms with Crippen LogP contribution in [0.4, 0.5) is 0 Å². The fourth-order valence-electron chi connectivity index (χ4n) is 2.29. The standard InChI is InChI=1S/C10H21ClN2/c11-8-4-7-10(13-12)9-5-2-1-3-6-9/h9-10,13H,1-8,12H2. The molecule has 0 heterocycles. The molecule has 0 amide bonds. The van der Waals surface area contributed by atoms with Crippen LogP contribution in [0.3, 0.4) is 0 Å². The van der Waals surface area contributed by atoms with E-state index in [2.05, 4.69) is 5.43 Å². The topological polar surface area (TPSA) is 38.0 Å². The molecule has 1 fully saturated rings. The Kier molecular flexibility index (Phi) is 5.76. The zero-order chi connectivity index (χ0) is 9.52. The monoisotopic (exact) mass is 204 g/mol. The maximum atomic E-state index is 5.67. The van der Waals surface area contributed by atoms with Gasteiger partial charge in [-0.25, -0.2) is 0 Å². The van der Waals surface area contributed by atoms with Crippen molar-refractivity contribution in [2.24, 2.45) is 11.8 Å². The molecule has 0 aromatic rings. The van der Waals surface area contributed by atoms with E-state index < -0.39 is 0 Å². The Labute approximate surface area is 86.2 Å². The van der Waals surface area contributed by atoms with Crippen LogP contribution in [0, 0.1) is 5.92 Å². The van der Waals surface area contributed by atoms with E-state index in [4.69, 9.17) is 17.4 Å². The number of hydrogen-bond donors (Lipinski definition) is 2. The normalized spacial score (nSPS) is 21.7. The fraction of sp³-hybridized carbons (Fsp3) is 1.00. The van der Waals surface area contributed by atoms with E-state index in [1.54, 1.807) is 0 Å². The van der Waals surface area contributed by atoms with E-state index in [0.29, 0.717) is 6.04 Å². The summed E-state index contributed by atoms with van der Waals surface area (Å²) in [7, 11) is 0. The zero-order valence-electron chi connectivity index (χ0n) is 8.27. The number of hydrogen-bond acceptors (Lipinski definition) is 2. The first-order valence-corrected chi connectivity index (χ1v) is 5.94. The minimum atomic E-state index is 0.499. The van der Waals surface area contributed by atoms with E-state index in [1.165, 1.54) is 32.1 Å². The lowest BCUT2D eigenvalue weighted by Gasteiger charge is -2.29. The third-order valence-corrected chi connectivity index (χ3v) is 3.35. The van der Waals surface area contributed by atoms with Gasteiger partial charge in [0.1, 0.15) is 0 Å². The molecular weight excluding hydrogens is 184 g/mol. The van der Waals surface area contributed by atoms with Gasteiger partial charge in [-0.05, 0) is 31.6 Å². The highest BCUT2D eigenvalue weighted by Gasteiger charge is 2.21. The Balaban J connectivity index is 2.26. The largest absolute Gasteiger partial charge is 0.271 e. The Morgan fingerprint density at radius 2 is 2.00 bits per heavy atom. The summed E-state index contributed by atoms with van der Waals surface area (Å²) < 4.78 is 0. The molecule has 3 heteroatoms. The van der Waals surface area contributed by atoms with Crippen molar-refractivity contribution in [3.63, 3.8) is 0 Å². The number of alkyl halides is 1.